The number of nitrogens with one attached hydrogen (secondary N) is 1. The van der Waals surface area contributed by atoms with Gasteiger partial charge in [0, 0.05) is 0 Å². The quantitative estimate of drug-likeness (QED) is 0.532. The first-order valence-electron chi connectivity index (χ1n) is 10.2. The zero-order chi connectivity index (χ0) is 24.3. The van der Waals surface area contributed by atoms with Gasteiger partial charge < -0.3 is 19.3 Å². The fourth-order valence-electron chi connectivity index (χ4n) is 3.65. The molecule has 9 heteroatoms. The van der Waals surface area contributed by atoms with Crippen LogP contribution in [0.3, 0.4) is 0 Å². The second kappa shape index (κ2) is 9.64. The van der Waals surface area contributed by atoms with E-state index in [1.807, 2.05) is 26.0 Å². The van der Waals surface area contributed by atoms with Gasteiger partial charge in [0.1, 0.15) is 5.56 Å². The van der Waals surface area contributed by atoms with E-state index in [0.717, 1.165) is 21.3 Å². The van der Waals surface area contributed by atoms with Gasteiger partial charge in [0.2, 0.25) is 11.6 Å². The SMILES string of the molecule is COc1cc(CN=C(C)c2c(O)n(-c3ccc(C)cc3C)c(=O)[nH]c2=O)cc(OC)c1OC. The maximum atomic E-state index is 12.6. The zero-order valence-electron chi connectivity index (χ0n) is 19.5. The van der Waals surface area contributed by atoms with Gasteiger partial charge in [0.25, 0.3) is 5.56 Å². The summed E-state index contributed by atoms with van der Waals surface area (Å²) in [6.45, 7) is 5.52. The van der Waals surface area contributed by atoms with Crippen LogP contribution in [0.25, 0.3) is 5.69 Å². The summed E-state index contributed by atoms with van der Waals surface area (Å²) in [5, 5.41) is 10.9. The molecule has 0 radical (unpaired) electrons. The molecule has 0 unspecified atom stereocenters. The van der Waals surface area contributed by atoms with Crippen molar-refractivity contribution in [2.75, 3.05) is 21.3 Å². The van der Waals surface area contributed by atoms with Crippen molar-refractivity contribution in [1.82, 2.24) is 9.55 Å². The minimum atomic E-state index is -0.731. The van der Waals surface area contributed by atoms with Gasteiger partial charge in [0.15, 0.2) is 11.5 Å². The van der Waals surface area contributed by atoms with Gasteiger partial charge in [0.05, 0.1) is 39.3 Å². The lowest BCUT2D eigenvalue weighted by Gasteiger charge is -2.15. The minimum absolute atomic E-state index is 0.0815. The fraction of sp³-hybridized carbons (Fsp3) is 0.292. The van der Waals surface area contributed by atoms with Crippen LogP contribution in [0, 0.1) is 13.8 Å². The summed E-state index contributed by atoms with van der Waals surface area (Å²) >= 11 is 0. The second-order valence-corrected chi connectivity index (χ2v) is 7.52. The molecule has 0 aliphatic carbocycles. The Balaban J connectivity index is 2.07. The van der Waals surface area contributed by atoms with Crippen LogP contribution in [0.1, 0.15) is 29.2 Å². The van der Waals surface area contributed by atoms with Gasteiger partial charge in [-0.05, 0) is 50.1 Å². The van der Waals surface area contributed by atoms with Gasteiger partial charge in [-0.2, -0.15) is 0 Å². The molecule has 0 fully saturated rings. The van der Waals surface area contributed by atoms with E-state index >= 15 is 0 Å². The molecule has 0 aliphatic rings. The van der Waals surface area contributed by atoms with E-state index in [1.54, 1.807) is 25.1 Å². The number of methoxy groups -OCH3 is 3. The van der Waals surface area contributed by atoms with Gasteiger partial charge >= 0.3 is 5.69 Å². The molecule has 1 aromatic heterocycles. The normalized spacial score (nSPS) is 11.4. The number of aromatic amines is 1. The molecular weight excluding hydrogens is 426 g/mol. The predicted molar refractivity (Wildman–Crippen MR) is 126 cm³/mol. The van der Waals surface area contributed by atoms with Crippen LogP contribution in [0.5, 0.6) is 23.1 Å². The van der Waals surface area contributed by atoms with E-state index in [4.69, 9.17) is 14.2 Å². The first-order valence-corrected chi connectivity index (χ1v) is 10.2. The third-order valence-electron chi connectivity index (χ3n) is 5.26. The fourth-order valence-corrected chi connectivity index (χ4v) is 3.65. The molecule has 0 bridgehead atoms. The zero-order valence-corrected chi connectivity index (χ0v) is 19.5. The number of aromatic hydroxyl groups is 1. The molecule has 174 valence electrons. The Morgan fingerprint density at radius 3 is 2.21 bits per heavy atom. The molecule has 0 amide bonds. The van der Waals surface area contributed by atoms with E-state index in [2.05, 4.69) is 9.98 Å². The summed E-state index contributed by atoms with van der Waals surface area (Å²) in [6, 6.07) is 8.93. The highest BCUT2D eigenvalue weighted by molar-refractivity contribution is 6.00. The third-order valence-corrected chi connectivity index (χ3v) is 5.26. The van der Waals surface area contributed by atoms with Crippen LogP contribution < -0.4 is 25.5 Å². The number of ether oxygens (including phenoxy) is 3. The minimum Gasteiger partial charge on any atom is -0.493 e. The summed E-state index contributed by atoms with van der Waals surface area (Å²) < 4.78 is 17.1. The molecule has 2 N–H and O–H groups in total. The van der Waals surface area contributed by atoms with Gasteiger partial charge in [-0.1, -0.05) is 17.7 Å². The van der Waals surface area contributed by atoms with E-state index < -0.39 is 17.1 Å². The number of nitrogens with zero attached hydrogens (tertiary/aromatic N) is 2. The molecule has 2 aromatic carbocycles. The molecule has 3 rings (SSSR count). The first-order chi connectivity index (χ1) is 15.7. The van der Waals surface area contributed by atoms with Crippen LogP contribution in [0.4, 0.5) is 0 Å². The molecule has 1 heterocycles. The van der Waals surface area contributed by atoms with E-state index in [9.17, 15) is 14.7 Å². The molecule has 0 aliphatic heterocycles. The number of aryl methyl sites for hydroxylation is 2. The summed E-state index contributed by atoms with van der Waals surface area (Å²) in [7, 11) is 4.55. The number of hydrogen-bond acceptors (Lipinski definition) is 7. The number of benzene rings is 2. The van der Waals surface area contributed by atoms with Crippen molar-refractivity contribution < 1.29 is 19.3 Å². The number of aliphatic imine (C=N–C) groups is 1. The lowest BCUT2D eigenvalue weighted by atomic mass is 10.1. The van der Waals surface area contributed by atoms with Gasteiger partial charge in [-0.25, -0.2) is 9.36 Å². The van der Waals surface area contributed by atoms with Gasteiger partial charge in [-0.3, -0.25) is 14.8 Å². The van der Waals surface area contributed by atoms with Crippen LogP contribution in [-0.2, 0) is 6.54 Å². The van der Waals surface area contributed by atoms with Crippen molar-refractivity contribution in [3.63, 3.8) is 0 Å². The van der Waals surface area contributed by atoms with Crippen molar-refractivity contribution in [2.24, 2.45) is 4.99 Å². The van der Waals surface area contributed by atoms with Crippen LogP contribution in [-0.4, -0.2) is 41.7 Å². The van der Waals surface area contributed by atoms with Crippen LogP contribution in [0.15, 0.2) is 44.9 Å². The maximum Gasteiger partial charge on any atom is 0.335 e. The molecule has 0 atom stereocenters. The average Bonchev–Trinajstić information content (AvgIpc) is 2.77. The summed E-state index contributed by atoms with van der Waals surface area (Å²) in [5.74, 6) is 0.938. The highest BCUT2D eigenvalue weighted by Gasteiger charge is 2.19. The highest BCUT2D eigenvalue weighted by Crippen LogP contribution is 2.38. The summed E-state index contributed by atoms with van der Waals surface area (Å²) in [6.07, 6.45) is 0. The smallest absolute Gasteiger partial charge is 0.335 e. The Kier molecular flexibility index (Phi) is 6.91. The van der Waals surface area contributed by atoms with E-state index in [1.165, 1.54) is 21.3 Å². The van der Waals surface area contributed by atoms with Crippen molar-refractivity contribution in [3.05, 3.63) is 73.4 Å². The highest BCUT2D eigenvalue weighted by atomic mass is 16.5. The molecule has 33 heavy (non-hydrogen) atoms. The van der Waals surface area contributed by atoms with Gasteiger partial charge in [-0.15, -0.1) is 0 Å². The lowest BCUT2D eigenvalue weighted by molar-refractivity contribution is 0.324. The van der Waals surface area contributed by atoms with Crippen molar-refractivity contribution in [3.8, 4) is 28.8 Å². The topological polar surface area (TPSA) is 115 Å². The van der Waals surface area contributed by atoms with Crippen LogP contribution in [0.2, 0.25) is 0 Å². The lowest BCUT2D eigenvalue weighted by Crippen LogP contribution is -2.33. The molecule has 0 saturated heterocycles. The number of H-pyrrole nitrogens is 1. The molecule has 9 nitrogen and oxygen atoms in total. The molecule has 3 aromatic rings. The largest absolute Gasteiger partial charge is 0.493 e. The monoisotopic (exact) mass is 453 g/mol. The molecule has 0 spiro atoms. The standard InChI is InChI=1S/C24H27N3O6/c1-13-7-8-17(14(2)9-13)27-23(29)20(22(28)26-24(27)30)15(3)25-12-16-10-18(31-4)21(33-6)19(11-16)32-5/h7-11,29H,12H2,1-6H3,(H,26,28,30). The Bertz CT molecular complexity index is 1310. The summed E-state index contributed by atoms with van der Waals surface area (Å²) in [5.41, 5.74) is 1.73. The number of rotatable bonds is 7. The Hall–Kier alpha value is -4.01. The predicted octanol–water partition coefficient (Wildman–Crippen LogP) is 2.88. The second-order valence-electron chi connectivity index (χ2n) is 7.52. The Morgan fingerprint density at radius 1 is 1.03 bits per heavy atom. The molecule has 0 saturated carbocycles. The van der Waals surface area contributed by atoms with Crippen molar-refractivity contribution in [1.29, 1.82) is 0 Å². The van der Waals surface area contributed by atoms with Crippen molar-refractivity contribution in [2.45, 2.75) is 27.3 Å². The van der Waals surface area contributed by atoms with Crippen molar-refractivity contribution >= 4 is 5.71 Å². The first kappa shape index (κ1) is 23.6. The average molecular weight is 453 g/mol. The number of aromatic nitrogens is 2. The van der Waals surface area contributed by atoms with Crippen LogP contribution >= 0.6 is 0 Å². The summed E-state index contributed by atoms with van der Waals surface area (Å²) in [4.78, 5) is 31.8. The Morgan fingerprint density at radius 2 is 1.67 bits per heavy atom. The maximum absolute atomic E-state index is 12.6. The van der Waals surface area contributed by atoms with E-state index in [-0.39, 0.29) is 17.8 Å². The molecular formula is C24H27N3O6. The third kappa shape index (κ3) is 4.62. The Labute approximate surface area is 190 Å². The van der Waals surface area contributed by atoms with E-state index in [0.29, 0.717) is 22.9 Å². The number of hydrogen-bond donors (Lipinski definition) is 2.